The second kappa shape index (κ2) is 2.24. The van der Waals surface area contributed by atoms with E-state index in [0.717, 1.165) is 0 Å². The minimum absolute atomic E-state index is 0.299. The Hall–Kier alpha value is -0.0100. The van der Waals surface area contributed by atoms with E-state index in [1.165, 1.54) is 22.6 Å². The molecule has 0 amide bonds. The van der Waals surface area contributed by atoms with E-state index in [9.17, 15) is 18.0 Å². The van der Waals surface area contributed by atoms with E-state index in [-0.39, 0.29) is 6.42 Å². The van der Waals surface area contributed by atoms with Gasteiger partial charge in [0.05, 0.1) is 0 Å². The number of hydrogen-bond acceptors (Lipinski definition) is 1. The van der Waals surface area contributed by atoms with Gasteiger partial charge < -0.3 is 5.11 Å². The van der Waals surface area contributed by atoms with Crippen molar-refractivity contribution in [3.05, 3.63) is 0 Å². The Bertz CT molecular complexity index is 202. The molecule has 1 aliphatic rings. The SMILES string of the molecule is O=C(O)C1(C(F)(F)F)CC1I. The van der Waals surface area contributed by atoms with Crippen LogP contribution in [0.2, 0.25) is 0 Å². The molecular formula is C5H4F3IO2. The van der Waals surface area contributed by atoms with E-state index < -0.39 is 21.5 Å². The van der Waals surface area contributed by atoms with Gasteiger partial charge in [0.15, 0.2) is 5.41 Å². The first-order valence-electron chi connectivity index (χ1n) is 2.76. The molecule has 64 valence electrons. The number of rotatable bonds is 1. The fourth-order valence-electron chi connectivity index (χ4n) is 0.860. The molecule has 0 aliphatic heterocycles. The van der Waals surface area contributed by atoms with E-state index in [0.29, 0.717) is 0 Å². The van der Waals surface area contributed by atoms with Crippen LogP contribution in [0.15, 0.2) is 0 Å². The summed E-state index contributed by atoms with van der Waals surface area (Å²) in [4.78, 5) is 10.2. The summed E-state index contributed by atoms with van der Waals surface area (Å²) in [7, 11) is 0. The summed E-state index contributed by atoms with van der Waals surface area (Å²) in [5, 5.41) is 8.28. The van der Waals surface area contributed by atoms with E-state index >= 15 is 0 Å². The Balaban J connectivity index is 2.89. The van der Waals surface area contributed by atoms with Crippen molar-refractivity contribution in [1.82, 2.24) is 0 Å². The number of carboxylic acid groups (broad SMARTS) is 1. The Labute approximate surface area is 73.9 Å². The standard InChI is InChI=1S/C5H4F3IO2/c6-5(7,8)4(3(10)11)1-2(4)9/h2H,1H2,(H,10,11). The third-order valence-electron chi connectivity index (χ3n) is 1.76. The highest BCUT2D eigenvalue weighted by atomic mass is 127. The Morgan fingerprint density at radius 3 is 2.00 bits per heavy atom. The van der Waals surface area contributed by atoms with E-state index in [1.54, 1.807) is 0 Å². The van der Waals surface area contributed by atoms with Gasteiger partial charge in [-0.05, 0) is 6.42 Å². The van der Waals surface area contributed by atoms with Crippen molar-refractivity contribution in [3.8, 4) is 0 Å². The van der Waals surface area contributed by atoms with Crippen LogP contribution in [0.3, 0.4) is 0 Å². The number of hydrogen-bond donors (Lipinski definition) is 1. The predicted octanol–water partition coefficient (Wildman–Crippen LogP) is 1.83. The van der Waals surface area contributed by atoms with Gasteiger partial charge in [0.2, 0.25) is 0 Å². The smallest absolute Gasteiger partial charge is 0.405 e. The number of carboxylic acids is 1. The van der Waals surface area contributed by atoms with Crippen LogP contribution in [-0.2, 0) is 4.79 Å². The topological polar surface area (TPSA) is 37.3 Å². The molecule has 2 unspecified atom stereocenters. The maximum Gasteiger partial charge on any atom is 0.405 e. The molecule has 1 N–H and O–H groups in total. The molecule has 1 aliphatic carbocycles. The fourth-order valence-corrected chi connectivity index (χ4v) is 2.17. The van der Waals surface area contributed by atoms with Crippen molar-refractivity contribution >= 4 is 28.6 Å². The lowest BCUT2D eigenvalue weighted by molar-refractivity contribution is -0.201. The maximum atomic E-state index is 12.0. The van der Waals surface area contributed by atoms with Gasteiger partial charge in [0.1, 0.15) is 0 Å². The zero-order chi connectivity index (χ0) is 8.86. The van der Waals surface area contributed by atoms with Gasteiger partial charge in [0, 0.05) is 3.92 Å². The second-order valence-corrected chi connectivity index (χ2v) is 3.95. The van der Waals surface area contributed by atoms with Crippen LogP contribution in [0, 0.1) is 5.41 Å². The molecule has 2 nitrogen and oxygen atoms in total. The highest BCUT2D eigenvalue weighted by molar-refractivity contribution is 14.1. The summed E-state index contributed by atoms with van der Waals surface area (Å²) in [6.45, 7) is 0. The molecule has 11 heavy (non-hydrogen) atoms. The normalized spacial score (nSPS) is 36.9. The number of aliphatic carboxylic acids is 1. The molecule has 0 radical (unpaired) electrons. The van der Waals surface area contributed by atoms with Gasteiger partial charge in [-0.2, -0.15) is 13.2 Å². The molecule has 0 heterocycles. The van der Waals surface area contributed by atoms with Crippen molar-refractivity contribution < 1.29 is 23.1 Å². The van der Waals surface area contributed by atoms with Crippen molar-refractivity contribution in [1.29, 1.82) is 0 Å². The maximum absolute atomic E-state index is 12.0. The molecule has 1 fully saturated rings. The van der Waals surface area contributed by atoms with Gasteiger partial charge in [-0.25, -0.2) is 0 Å². The van der Waals surface area contributed by atoms with Crippen LogP contribution < -0.4 is 0 Å². The van der Waals surface area contributed by atoms with E-state index in [2.05, 4.69) is 0 Å². The monoisotopic (exact) mass is 280 g/mol. The fraction of sp³-hybridized carbons (Fsp3) is 0.800. The first kappa shape index (κ1) is 9.08. The van der Waals surface area contributed by atoms with Crippen LogP contribution in [0.1, 0.15) is 6.42 Å². The molecule has 1 rings (SSSR count). The average Bonchev–Trinajstić information content (AvgIpc) is 2.39. The molecule has 0 saturated heterocycles. The first-order chi connectivity index (χ1) is 4.82. The minimum atomic E-state index is -4.61. The Morgan fingerprint density at radius 2 is 2.00 bits per heavy atom. The second-order valence-electron chi connectivity index (χ2n) is 2.45. The third-order valence-corrected chi connectivity index (χ3v) is 3.27. The summed E-state index contributed by atoms with van der Waals surface area (Å²) in [5.41, 5.74) is -2.45. The summed E-state index contributed by atoms with van der Waals surface area (Å²) in [5.74, 6) is -1.76. The zero-order valence-electron chi connectivity index (χ0n) is 5.15. The molecule has 0 aromatic carbocycles. The zero-order valence-corrected chi connectivity index (χ0v) is 7.31. The molecule has 1 saturated carbocycles. The average molecular weight is 280 g/mol. The van der Waals surface area contributed by atoms with Crippen molar-refractivity contribution in [2.45, 2.75) is 16.5 Å². The van der Waals surface area contributed by atoms with Gasteiger partial charge in [-0.1, -0.05) is 22.6 Å². The van der Waals surface area contributed by atoms with Crippen LogP contribution in [0.5, 0.6) is 0 Å². The molecular weight excluding hydrogens is 276 g/mol. The number of halogens is 4. The van der Waals surface area contributed by atoms with E-state index in [4.69, 9.17) is 5.11 Å². The molecule has 2 atom stereocenters. The number of alkyl halides is 4. The highest BCUT2D eigenvalue weighted by Gasteiger charge is 2.75. The first-order valence-corrected chi connectivity index (χ1v) is 4.01. The minimum Gasteiger partial charge on any atom is -0.481 e. The molecule has 6 heteroatoms. The molecule has 0 bridgehead atoms. The van der Waals surface area contributed by atoms with Gasteiger partial charge in [-0.15, -0.1) is 0 Å². The lowest BCUT2D eigenvalue weighted by atomic mass is 10.1. The van der Waals surface area contributed by atoms with Crippen LogP contribution >= 0.6 is 22.6 Å². The summed E-state index contributed by atoms with van der Waals surface area (Å²) in [6, 6.07) is 0. The van der Waals surface area contributed by atoms with Crippen molar-refractivity contribution in [2.75, 3.05) is 0 Å². The number of carbonyl (C=O) groups is 1. The van der Waals surface area contributed by atoms with Gasteiger partial charge >= 0.3 is 12.1 Å². The quantitative estimate of drug-likeness (QED) is 0.587. The summed E-state index contributed by atoms with van der Waals surface area (Å²) < 4.78 is 35.2. The Kier molecular flexibility index (Phi) is 1.85. The summed E-state index contributed by atoms with van der Waals surface area (Å²) >= 11 is 1.51. The van der Waals surface area contributed by atoms with Crippen LogP contribution in [-0.4, -0.2) is 21.2 Å². The largest absolute Gasteiger partial charge is 0.481 e. The van der Waals surface area contributed by atoms with E-state index in [1.807, 2.05) is 0 Å². The lowest BCUT2D eigenvalue weighted by Gasteiger charge is -2.14. The Morgan fingerprint density at radius 1 is 1.64 bits per heavy atom. The van der Waals surface area contributed by atoms with Gasteiger partial charge in [-0.3, -0.25) is 4.79 Å². The molecule has 0 aromatic heterocycles. The third kappa shape index (κ3) is 1.11. The molecule has 0 spiro atoms. The highest BCUT2D eigenvalue weighted by Crippen LogP contribution is 2.61. The lowest BCUT2D eigenvalue weighted by Crippen LogP contribution is -2.34. The van der Waals surface area contributed by atoms with Crippen LogP contribution in [0.25, 0.3) is 0 Å². The van der Waals surface area contributed by atoms with Crippen molar-refractivity contribution in [2.24, 2.45) is 5.41 Å². The van der Waals surface area contributed by atoms with Gasteiger partial charge in [0.25, 0.3) is 0 Å². The predicted molar refractivity (Wildman–Crippen MR) is 38.5 cm³/mol. The van der Waals surface area contributed by atoms with Crippen molar-refractivity contribution in [3.63, 3.8) is 0 Å². The van der Waals surface area contributed by atoms with Crippen LogP contribution in [0.4, 0.5) is 13.2 Å². The molecule has 0 aromatic rings. The summed E-state index contributed by atoms with van der Waals surface area (Å²) in [6.07, 6.45) is -4.91.